The zero-order chi connectivity index (χ0) is 21.3. The van der Waals surface area contributed by atoms with E-state index in [1.165, 1.54) is 0 Å². The Morgan fingerprint density at radius 3 is 2.40 bits per heavy atom. The number of nitrogens with zero attached hydrogens (tertiary/aromatic N) is 2. The van der Waals surface area contributed by atoms with E-state index in [-0.39, 0.29) is 6.61 Å². The highest BCUT2D eigenvalue weighted by Crippen LogP contribution is 2.29. The first-order chi connectivity index (χ1) is 14.6. The van der Waals surface area contributed by atoms with Gasteiger partial charge in [0, 0.05) is 32.7 Å². The highest BCUT2D eigenvalue weighted by Gasteiger charge is 2.21. The summed E-state index contributed by atoms with van der Waals surface area (Å²) in [6.07, 6.45) is 3.42. The smallest absolute Gasteiger partial charge is 0.161 e. The number of benzene rings is 2. The molecule has 0 aliphatic carbocycles. The first-order valence-corrected chi connectivity index (χ1v) is 10.4. The number of hydrogen-bond donors (Lipinski definition) is 1. The molecule has 0 amide bonds. The van der Waals surface area contributed by atoms with Gasteiger partial charge in [0.1, 0.15) is 18.5 Å². The monoisotopic (exact) mass is 412 g/mol. The predicted octanol–water partition coefficient (Wildman–Crippen LogP) is 3.30. The second kappa shape index (κ2) is 10.9. The Kier molecular flexibility index (Phi) is 7.99. The van der Waals surface area contributed by atoms with Gasteiger partial charge in [0.05, 0.1) is 19.9 Å². The maximum absolute atomic E-state index is 10.5. The molecule has 3 rings (SSSR count). The third-order valence-corrected chi connectivity index (χ3v) is 5.25. The van der Waals surface area contributed by atoms with Crippen LogP contribution in [-0.2, 0) is 0 Å². The van der Waals surface area contributed by atoms with Crippen molar-refractivity contribution in [2.75, 3.05) is 58.5 Å². The minimum Gasteiger partial charge on any atom is -0.495 e. The van der Waals surface area contributed by atoms with E-state index in [4.69, 9.17) is 14.2 Å². The standard InChI is InChI=1S/C24H32N2O4/c1-4-7-19-10-11-23(24(16-19)29-3)30-18-20(27)17-25-12-14-26(15-13-25)21-8-5-6-9-22(21)28-2/h4-11,16,20,27H,12-15,17-18H2,1-3H3/b7-4+/t20-/m1/s1. The van der Waals surface area contributed by atoms with Crippen LogP contribution >= 0.6 is 0 Å². The van der Waals surface area contributed by atoms with Crippen LogP contribution in [0.25, 0.3) is 6.08 Å². The summed E-state index contributed by atoms with van der Waals surface area (Å²) in [4.78, 5) is 4.60. The topological polar surface area (TPSA) is 54.4 Å². The number of hydrogen-bond acceptors (Lipinski definition) is 6. The zero-order valence-electron chi connectivity index (χ0n) is 18.1. The van der Waals surface area contributed by atoms with Crippen LogP contribution in [0.3, 0.4) is 0 Å². The number of β-amino-alcohol motifs (C(OH)–C–C–N with tert-alkyl or cyclic N) is 1. The highest BCUT2D eigenvalue weighted by atomic mass is 16.5. The average Bonchev–Trinajstić information content (AvgIpc) is 2.78. The lowest BCUT2D eigenvalue weighted by Crippen LogP contribution is -2.49. The lowest BCUT2D eigenvalue weighted by molar-refractivity contribution is 0.0653. The molecule has 1 aliphatic heterocycles. The Morgan fingerprint density at radius 1 is 0.967 bits per heavy atom. The number of rotatable bonds is 9. The van der Waals surface area contributed by atoms with E-state index < -0.39 is 6.10 Å². The quantitative estimate of drug-likeness (QED) is 0.682. The van der Waals surface area contributed by atoms with Crippen LogP contribution in [0.1, 0.15) is 12.5 Å². The van der Waals surface area contributed by atoms with Crippen molar-refractivity contribution in [1.29, 1.82) is 0 Å². The molecule has 1 N–H and O–H groups in total. The first kappa shape index (κ1) is 22.0. The van der Waals surface area contributed by atoms with Crippen molar-refractivity contribution < 1.29 is 19.3 Å². The number of piperazine rings is 1. The van der Waals surface area contributed by atoms with E-state index in [0.717, 1.165) is 43.2 Å². The number of anilines is 1. The van der Waals surface area contributed by atoms with E-state index in [9.17, 15) is 5.11 Å². The van der Waals surface area contributed by atoms with Gasteiger partial charge >= 0.3 is 0 Å². The van der Waals surface area contributed by atoms with Crippen molar-refractivity contribution >= 4 is 11.8 Å². The van der Waals surface area contributed by atoms with Gasteiger partial charge in [-0.3, -0.25) is 4.90 Å². The number of allylic oxidation sites excluding steroid dienone is 1. The van der Waals surface area contributed by atoms with Gasteiger partial charge in [0.2, 0.25) is 0 Å². The summed E-state index contributed by atoms with van der Waals surface area (Å²) in [6.45, 7) is 6.35. The molecule has 1 saturated heterocycles. The summed E-state index contributed by atoms with van der Waals surface area (Å²) in [5.74, 6) is 2.21. The molecule has 1 fully saturated rings. The van der Waals surface area contributed by atoms with Gasteiger partial charge in [0.25, 0.3) is 0 Å². The fraction of sp³-hybridized carbons (Fsp3) is 0.417. The minimum atomic E-state index is -0.567. The average molecular weight is 413 g/mol. The number of para-hydroxylation sites is 2. The van der Waals surface area contributed by atoms with Crippen molar-refractivity contribution in [3.8, 4) is 17.2 Å². The second-order valence-corrected chi connectivity index (χ2v) is 7.33. The van der Waals surface area contributed by atoms with Gasteiger partial charge in [0.15, 0.2) is 11.5 Å². The Balaban J connectivity index is 1.48. The summed E-state index contributed by atoms with van der Waals surface area (Å²) in [7, 11) is 3.33. The maximum atomic E-state index is 10.5. The van der Waals surface area contributed by atoms with Crippen molar-refractivity contribution in [1.82, 2.24) is 4.90 Å². The SMILES string of the molecule is C/C=C/c1ccc(OC[C@H](O)CN2CCN(c3ccccc3OC)CC2)c(OC)c1. The molecule has 0 aromatic heterocycles. The van der Waals surface area contributed by atoms with Crippen LogP contribution in [0.15, 0.2) is 48.5 Å². The largest absolute Gasteiger partial charge is 0.495 e. The van der Waals surface area contributed by atoms with Gasteiger partial charge < -0.3 is 24.2 Å². The second-order valence-electron chi connectivity index (χ2n) is 7.33. The van der Waals surface area contributed by atoms with Crippen LogP contribution < -0.4 is 19.1 Å². The third-order valence-electron chi connectivity index (χ3n) is 5.25. The van der Waals surface area contributed by atoms with Crippen molar-refractivity contribution in [2.45, 2.75) is 13.0 Å². The molecule has 2 aromatic rings. The zero-order valence-corrected chi connectivity index (χ0v) is 18.1. The summed E-state index contributed by atoms with van der Waals surface area (Å²) in [5, 5.41) is 10.5. The normalized spacial score (nSPS) is 15.9. The Labute approximate surface area is 179 Å². The molecular formula is C24H32N2O4. The molecule has 0 spiro atoms. The molecule has 1 heterocycles. The van der Waals surface area contributed by atoms with Crippen LogP contribution in [-0.4, -0.2) is 69.7 Å². The van der Waals surface area contributed by atoms with E-state index >= 15 is 0 Å². The third kappa shape index (κ3) is 5.68. The fourth-order valence-electron chi connectivity index (χ4n) is 3.70. The molecule has 30 heavy (non-hydrogen) atoms. The number of methoxy groups -OCH3 is 2. The Morgan fingerprint density at radius 2 is 1.70 bits per heavy atom. The molecule has 6 nitrogen and oxygen atoms in total. The van der Waals surface area contributed by atoms with Crippen molar-refractivity contribution in [3.63, 3.8) is 0 Å². The Hall–Kier alpha value is -2.70. The van der Waals surface area contributed by atoms with Gasteiger partial charge in [-0.2, -0.15) is 0 Å². The van der Waals surface area contributed by atoms with Crippen LogP contribution in [0, 0.1) is 0 Å². The van der Waals surface area contributed by atoms with E-state index in [2.05, 4.69) is 15.9 Å². The van der Waals surface area contributed by atoms with Gasteiger partial charge in [-0.25, -0.2) is 0 Å². The summed E-state index contributed by atoms with van der Waals surface area (Å²) in [5.41, 5.74) is 2.17. The summed E-state index contributed by atoms with van der Waals surface area (Å²) in [6, 6.07) is 13.9. The van der Waals surface area contributed by atoms with E-state index in [0.29, 0.717) is 18.0 Å². The van der Waals surface area contributed by atoms with Gasteiger partial charge in [-0.15, -0.1) is 0 Å². The van der Waals surface area contributed by atoms with Gasteiger partial charge in [-0.05, 0) is 36.8 Å². The molecule has 1 atom stereocenters. The van der Waals surface area contributed by atoms with Crippen molar-refractivity contribution in [3.05, 3.63) is 54.1 Å². The lowest BCUT2D eigenvalue weighted by atomic mass is 10.2. The highest BCUT2D eigenvalue weighted by molar-refractivity contribution is 5.58. The molecular weight excluding hydrogens is 380 g/mol. The van der Waals surface area contributed by atoms with E-state index in [1.54, 1.807) is 14.2 Å². The van der Waals surface area contributed by atoms with Crippen LogP contribution in [0.2, 0.25) is 0 Å². The molecule has 162 valence electrons. The molecule has 0 radical (unpaired) electrons. The fourth-order valence-corrected chi connectivity index (χ4v) is 3.70. The lowest BCUT2D eigenvalue weighted by Gasteiger charge is -2.37. The predicted molar refractivity (Wildman–Crippen MR) is 121 cm³/mol. The molecule has 0 saturated carbocycles. The Bertz CT molecular complexity index is 832. The van der Waals surface area contributed by atoms with Crippen LogP contribution in [0.4, 0.5) is 5.69 Å². The molecule has 2 aromatic carbocycles. The molecule has 0 unspecified atom stereocenters. The van der Waals surface area contributed by atoms with Gasteiger partial charge in [-0.1, -0.05) is 30.4 Å². The first-order valence-electron chi connectivity index (χ1n) is 10.4. The summed E-state index contributed by atoms with van der Waals surface area (Å²) >= 11 is 0. The summed E-state index contributed by atoms with van der Waals surface area (Å²) < 4.78 is 16.7. The molecule has 1 aliphatic rings. The molecule has 0 bridgehead atoms. The van der Waals surface area contributed by atoms with E-state index in [1.807, 2.05) is 55.5 Å². The maximum Gasteiger partial charge on any atom is 0.161 e. The van der Waals surface area contributed by atoms with Crippen molar-refractivity contribution in [2.24, 2.45) is 0 Å². The number of aliphatic hydroxyl groups excluding tert-OH is 1. The van der Waals surface area contributed by atoms with Crippen LogP contribution in [0.5, 0.6) is 17.2 Å². The number of aliphatic hydroxyl groups is 1. The molecule has 6 heteroatoms. The minimum absolute atomic E-state index is 0.228. The number of ether oxygens (including phenoxy) is 3.